The van der Waals surface area contributed by atoms with E-state index in [0.717, 1.165) is 0 Å². The molecule has 206 valence electrons. The summed E-state index contributed by atoms with van der Waals surface area (Å²) in [5, 5.41) is -4.97. The van der Waals surface area contributed by atoms with Gasteiger partial charge in [-0.3, -0.25) is 0 Å². The predicted octanol–water partition coefficient (Wildman–Crippen LogP) is 9.78. The molecule has 0 saturated heterocycles. The van der Waals surface area contributed by atoms with Crippen molar-refractivity contribution in [3.63, 3.8) is 0 Å². The van der Waals surface area contributed by atoms with Gasteiger partial charge in [-0.15, -0.1) is 0 Å². The lowest BCUT2D eigenvalue weighted by atomic mass is 10.1. The Labute approximate surface area is 191 Å². The molecule has 2 nitrogen and oxygen atoms in total. The van der Waals surface area contributed by atoms with Gasteiger partial charge in [0.25, 0.3) is 0 Å². The molecule has 22 heteroatoms. The highest BCUT2D eigenvalue weighted by Crippen LogP contribution is 2.58. The summed E-state index contributed by atoms with van der Waals surface area (Å²) in [6.07, 6.45) is -38.1. The fourth-order valence-corrected chi connectivity index (χ4v) is 4.62. The smallest absolute Gasteiger partial charge is 0.443 e. The molecule has 0 N–H and O–H groups in total. The summed E-state index contributed by atoms with van der Waals surface area (Å²) in [6, 6.07) is 0. The first-order chi connectivity index (χ1) is 15.7. The van der Waals surface area contributed by atoms with E-state index in [1.54, 1.807) is 0 Å². The third-order valence-electron chi connectivity index (χ3n) is 3.59. The van der Waals surface area contributed by atoms with Crippen LogP contribution in [0.3, 0.4) is 0 Å². The lowest BCUT2D eigenvalue weighted by molar-refractivity contribution is -0.178. The molecule has 0 aliphatic rings. The monoisotopic (exact) mass is 606 g/mol. The van der Waals surface area contributed by atoms with E-state index >= 15 is 0 Å². The van der Waals surface area contributed by atoms with E-state index in [0.29, 0.717) is 0 Å². The van der Waals surface area contributed by atoms with Gasteiger partial charge in [-0.1, -0.05) is 0 Å². The normalized spacial score (nSPS) is 14.6. The minimum atomic E-state index is -6.43. The van der Waals surface area contributed by atoms with Crippen LogP contribution in [0.2, 0.25) is 0 Å². The van der Waals surface area contributed by atoms with Crippen LogP contribution >= 0.6 is 21.6 Å². The molecule has 2 heterocycles. The molecule has 2 rings (SSSR count). The Balaban J connectivity index is 2.79. The van der Waals surface area contributed by atoms with Gasteiger partial charge >= 0.3 is 37.1 Å². The summed E-state index contributed by atoms with van der Waals surface area (Å²) >= 11 is 0. The first kappa shape index (κ1) is 30.2. The Bertz CT molecular complexity index is 1010. The van der Waals surface area contributed by atoms with E-state index < -0.39 is 103 Å². The van der Waals surface area contributed by atoms with Crippen LogP contribution in [0.15, 0.2) is 19.0 Å². The molecule has 2 aromatic rings. The number of rotatable bonds is 3. The highest BCUT2D eigenvalue weighted by molar-refractivity contribution is 8.76. The molecule has 0 amide bonds. The minimum absolute atomic E-state index is 1.23. The van der Waals surface area contributed by atoms with E-state index in [2.05, 4.69) is 8.83 Å². The maximum absolute atomic E-state index is 13.2. The summed E-state index contributed by atoms with van der Waals surface area (Å²) in [5.41, 5.74) is -13.4. The highest BCUT2D eigenvalue weighted by atomic mass is 33.1. The van der Waals surface area contributed by atoms with E-state index in [-0.39, 0.29) is 0 Å². The third-order valence-corrected chi connectivity index (χ3v) is 5.71. The average molecular weight is 606 g/mol. The molecular formula is C14F18O2S2. The lowest BCUT2D eigenvalue weighted by Gasteiger charge is -2.13. The average Bonchev–Trinajstić information content (AvgIpc) is 3.17. The van der Waals surface area contributed by atoms with E-state index in [1.807, 2.05) is 0 Å². The molecular weight excluding hydrogens is 606 g/mol. The van der Waals surface area contributed by atoms with Crippen LogP contribution in [0.25, 0.3) is 0 Å². The van der Waals surface area contributed by atoms with Crippen molar-refractivity contribution in [3.05, 3.63) is 33.8 Å². The van der Waals surface area contributed by atoms with Crippen molar-refractivity contribution in [2.45, 2.75) is 47.2 Å². The van der Waals surface area contributed by atoms with E-state index in [1.165, 1.54) is 0 Å². The van der Waals surface area contributed by atoms with Gasteiger partial charge in [0.05, 0.1) is 0 Å². The van der Waals surface area contributed by atoms with Gasteiger partial charge in [0, 0.05) is 0 Å². The Morgan fingerprint density at radius 3 is 0.722 bits per heavy atom. The topological polar surface area (TPSA) is 26.3 Å². The summed E-state index contributed by atoms with van der Waals surface area (Å²) in [4.78, 5) is 0. The second-order valence-electron chi connectivity index (χ2n) is 6.09. The molecule has 36 heavy (non-hydrogen) atoms. The van der Waals surface area contributed by atoms with E-state index in [4.69, 9.17) is 0 Å². The van der Waals surface area contributed by atoms with Crippen LogP contribution in [0, 0.1) is 0 Å². The first-order valence-electron chi connectivity index (χ1n) is 7.79. The van der Waals surface area contributed by atoms with Gasteiger partial charge < -0.3 is 8.83 Å². The second kappa shape index (κ2) is 8.79. The van der Waals surface area contributed by atoms with Crippen LogP contribution in [-0.2, 0) is 37.1 Å². The van der Waals surface area contributed by atoms with Crippen molar-refractivity contribution < 1.29 is 87.9 Å². The van der Waals surface area contributed by atoms with Crippen LogP contribution in [0.1, 0.15) is 33.8 Å². The van der Waals surface area contributed by atoms with Gasteiger partial charge in [-0.25, -0.2) is 0 Å². The SMILES string of the molecule is FC(F)(F)c1oc(SSc2oc(C(F)(F)F)c(C(F)(F)F)c2C(F)(F)F)c(C(F)(F)F)c1C(F)(F)F. The number of hydrogen-bond donors (Lipinski definition) is 0. The molecule has 0 fully saturated rings. The molecule has 0 saturated carbocycles. The molecule has 0 radical (unpaired) electrons. The number of alkyl halides is 18. The molecule has 0 atom stereocenters. The third kappa shape index (κ3) is 6.10. The maximum Gasteiger partial charge on any atom is 0.450 e. The van der Waals surface area contributed by atoms with Crippen molar-refractivity contribution in [2.24, 2.45) is 0 Å². The second-order valence-corrected chi connectivity index (χ2v) is 8.17. The van der Waals surface area contributed by atoms with Crippen molar-refractivity contribution in [1.29, 1.82) is 0 Å². The fourth-order valence-electron chi connectivity index (χ4n) is 2.47. The zero-order valence-electron chi connectivity index (χ0n) is 15.4. The minimum Gasteiger partial charge on any atom is -0.443 e. The highest BCUT2D eigenvalue weighted by Gasteiger charge is 2.58. The predicted molar refractivity (Wildman–Crippen MR) is 79.1 cm³/mol. The zero-order valence-corrected chi connectivity index (χ0v) is 17.1. The largest absolute Gasteiger partial charge is 0.450 e. The van der Waals surface area contributed by atoms with Gasteiger partial charge in [0.1, 0.15) is 22.3 Å². The number of hydrogen-bond acceptors (Lipinski definition) is 4. The number of furan rings is 2. The van der Waals surface area contributed by atoms with E-state index in [9.17, 15) is 79.0 Å². The van der Waals surface area contributed by atoms with Crippen LogP contribution < -0.4 is 0 Å². The van der Waals surface area contributed by atoms with Gasteiger partial charge in [0.2, 0.25) is 11.5 Å². The van der Waals surface area contributed by atoms with Crippen LogP contribution in [0.4, 0.5) is 79.0 Å². The van der Waals surface area contributed by atoms with Crippen LogP contribution in [0.5, 0.6) is 0 Å². The molecule has 0 aromatic carbocycles. The van der Waals surface area contributed by atoms with Gasteiger partial charge in [-0.05, 0) is 21.6 Å². The van der Waals surface area contributed by atoms with Crippen molar-refractivity contribution in [1.82, 2.24) is 0 Å². The molecule has 0 bridgehead atoms. The molecule has 2 aromatic heterocycles. The fraction of sp³-hybridized carbons (Fsp3) is 0.429. The van der Waals surface area contributed by atoms with Crippen LogP contribution in [-0.4, -0.2) is 0 Å². The molecule has 0 unspecified atom stereocenters. The standard InChI is InChI=1S/C14F18O2S2/c15-9(16,17)1-3(11(21,22)23)7(33-5(1)13(27,28)29)35-36-8-4(12(24,25)26)2(10(18,19)20)6(34-8)14(30,31)32. The quantitative estimate of drug-likeness (QED) is 0.257. The Kier molecular flexibility index (Phi) is 7.38. The van der Waals surface area contributed by atoms with Gasteiger partial charge in [0.15, 0.2) is 10.2 Å². The first-order valence-corrected chi connectivity index (χ1v) is 9.94. The Morgan fingerprint density at radius 1 is 0.333 bits per heavy atom. The summed E-state index contributed by atoms with van der Waals surface area (Å²) in [5.74, 6) is -6.65. The Hall–Kier alpha value is -2.00. The summed E-state index contributed by atoms with van der Waals surface area (Å²) in [6.45, 7) is 0. The lowest BCUT2D eigenvalue weighted by Crippen LogP contribution is -2.19. The molecule has 0 aliphatic carbocycles. The summed E-state index contributed by atoms with van der Waals surface area (Å²) < 4.78 is 241. The zero-order chi connectivity index (χ0) is 28.4. The molecule has 0 spiro atoms. The maximum atomic E-state index is 13.2. The van der Waals surface area contributed by atoms with Crippen molar-refractivity contribution >= 4 is 21.6 Å². The Morgan fingerprint density at radius 2 is 0.556 bits per heavy atom. The number of halogens is 18. The van der Waals surface area contributed by atoms with Gasteiger partial charge in [-0.2, -0.15) is 79.0 Å². The van der Waals surface area contributed by atoms with Crippen molar-refractivity contribution in [3.8, 4) is 0 Å². The van der Waals surface area contributed by atoms with Crippen molar-refractivity contribution in [2.75, 3.05) is 0 Å². The summed E-state index contributed by atoms with van der Waals surface area (Å²) in [7, 11) is -2.46. The molecule has 0 aliphatic heterocycles.